The second kappa shape index (κ2) is 8.43. The van der Waals surface area contributed by atoms with Gasteiger partial charge < -0.3 is 5.32 Å². The molecule has 0 amide bonds. The zero-order chi connectivity index (χ0) is 11.6. The van der Waals surface area contributed by atoms with Crippen molar-refractivity contribution >= 4 is 17.3 Å². The normalized spacial score (nSPS) is 10.3. The maximum atomic E-state index is 4.09. The molecule has 0 spiro atoms. The lowest BCUT2D eigenvalue weighted by Crippen LogP contribution is -2.17. The van der Waals surface area contributed by atoms with Crippen LogP contribution in [-0.4, -0.2) is 25.1 Å². The molecule has 1 N–H and O–H groups in total. The largest absolute Gasteiger partial charge is 0.313 e. The van der Waals surface area contributed by atoms with E-state index >= 15 is 0 Å². The molecule has 0 saturated heterocycles. The summed E-state index contributed by atoms with van der Waals surface area (Å²) in [5, 5.41) is 3.43. The molecular weight excluding hydrogens is 214 g/mol. The number of nitrogens with one attached hydrogen (secondary N) is 1. The van der Waals surface area contributed by atoms with E-state index in [0.29, 0.717) is 0 Å². The van der Waals surface area contributed by atoms with Gasteiger partial charge in [0.2, 0.25) is 0 Å². The fourth-order valence-corrected chi connectivity index (χ4v) is 2.00. The van der Waals surface area contributed by atoms with Gasteiger partial charge in [-0.2, -0.15) is 11.8 Å². The number of hydrogen-bond acceptors (Lipinski definition) is 2. The first-order chi connectivity index (χ1) is 7.84. The maximum Gasteiger partial charge on any atom is 0.0205 e. The molecule has 0 atom stereocenters. The van der Waals surface area contributed by atoms with Crippen molar-refractivity contribution < 1.29 is 0 Å². The molecule has 2 heteroatoms. The molecule has 0 fully saturated rings. The summed E-state index contributed by atoms with van der Waals surface area (Å²) in [7, 11) is 0. The number of thioether (sulfide) groups is 1. The summed E-state index contributed by atoms with van der Waals surface area (Å²) >= 11 is 1.92. The summed E-state index contributed by atoms with van der Waals surface area (Å²) in [6.07, 6.45) is 4.71. The highest BCUT2D eigenvalue weighted by Gasteiger charge is 1.96. The summed E-state index contributed by atoms with van der Waals surface area (Å²) in [4.78, 5) is 0. The lowest BCUT2D eigenvalue weighted by atomic mass is 10.1. The minimum Gasteiger partial charge on any atom is -0.313 e. The quantitative estimate of drug-likeness (QED) is 0.693. The molecule has 1 aromatic rings. The molecule has 1 rings (SSSR count). The van der Waals surface area contributed by atoms with Crippen LogP contribution in [0.25, 0.3) is 5.57 Å². The van der Waals surface area contributed by atoms with Gasteiger partial charge in [-0.1, -0.05) is 36.9 Å². The van der Waals surface area contributed by atoms with Crippen LogP contribution in [0.1, 0.15) is 18.4 Å². The molecule has 88 valence electrons. The lowest BCUT2D eigenvalue weighted by molar-refractivity contribution is 0.689. The molecule has 0 aromatic heterocycles. The molecule has 0 bridgehead atoms. The minimum absolute atomic E-state index is 0.892. The molecule has 1 aromatic carbocycles. The fourth-order valence-electron chi connectivity index (χ4n) is 1.51. The third kappa shape index (κ3) is 5.38. The van der Waals surface area contributed by atoms with E-state index in [1.807, 2.05) is 17.8 Å². The van der Waals surface area contributed by atoms with Crippen LogP contribution in [0.2, 0.25) is 0 Å². The molecular formula is C14H21NS. The highest BCUT2D eigenvalue weighted by molar-refractivity contribution is 7.98. The third-order valence-electron chi connectivity index (χ3n) is 2.47. The van der Waals surface area contributed by atoms with Crippen LogP contribution >= 0.6 is 11.8 Å². The number of rotatable bonds is 8. The number of unbranched alkanes of at least 4 members (excludes halogenated alkanes) is 1. The van der Waals surface area contributed by atoms with Gasteiger partial charge >= 0.3 is 0 Å². The SMILES string of the molecule is C=C(CNCCCCSC)c1ccccc1. The second-order valence-corrected chi connectivity index (χ2v) is 4.83. The third-order valence-corrected chi connectivity index (χ3v) is 3.17. The summed E-state index contributed by atoms with van der Waals surface area (Å²) in [5.74, 6) is 1.27. The van der Waals surface area contributed by atoms with Crippen molar-refractivity contribution in [3.8, 4) is 0 Å². The van der Waals surface area contributed by atoms with Gasteiger partial charge in [0.1, 0.15) is 0 Å². The highest BCUT2D eigenvalue weighted by Crippen LogP contribution is 2.09. The van der Waals surface area contributed by atoms with Crippen LogP contribution in [0, 0.1) is 0 Å². The first kappa shape index (κ1) is 13.3. The van der Waals surface area contributed by atoms with E-state index in [1.54, 1.807) is 0 Å². The van der Waals surface area contributed by atoms with Crippen molar-refractivity contribution in [3.63, 3.8) is 0 Å². The van der Waals surface area contributed by atoms with Gasteiger partial charge in [-0.3, -0.25) is 0 Å². The standard InChI is InChI=1S/C14H21NS/c1-13(14-8-4-3-5-9-14)12-15-10-6-7-11-16-2/h3-5,8-9,15H,1,6-7,10-12H2,2H3. The van der Waals surface area contributed by atoms with Crippen molar-refractivity contribution in [3.05, 3.63) is 42.5 Å². The lowest BCUT2D eigenvalue weighted by Gasteiger charge is -2.07. The maximum absolute atomic E-state index is 4.09. The zero-order valence-electron chi connectivity index (χ0n) is 10.0. The van der Waals surface area contributed by atoms with Gasteiger partial charge in [0, 0.05) is 6.54 Å². The van der Waals surface area contributed by atoms with Gasteiger partial charge in [-0.05, 0) is 42.5 Å². The Morgan fingerprint density at radius 3 is 2.69 bits per heavy atom. The van der Waals surface area contributed by atoms with Crippen LogP contribution < -0.4 is 5.32 Å². The Kier molecular flexibility index (Phi) is 7.02. The van der Waals surface area contributed by atoms with Gasteiger partial charge in [-0.25, -0.2) is 0 Å². The van der Waals surface area contributed by atoms with Crippen LogP contribution in [0.5, 0.6) is 0 Å². The fraction of sp³-hybridized carbons (Fsp3) is 0.429. The van der Waals surface area contributed by atoms with Crippen molar-refractivity contribution in [1.82, 2.24) is 5.32 Å². The van der Waals surface area contributed by atoms with Crippen LogP contribution in [-0.2, 0) is 0 Å². The predicted octanol–water partition coefficient (Wildman–Crippen LogP) is 3.43. The van der Waals surface area contributed by atoms with Crippen LogP contribution in [0.4, 0.5) is 0 Å². The summed E-state index contributed by atoms with van der Waals surface area (Å²) in [6, 6.07) is 10.4. The molecule has 0 radical (unpaired) electrons. The van der Waals surface area contributed by atoms with E-state index in [0.717, 1.165) is 13.1 Å². The molecule has 16 heavy (non-hydrogen) atoms. The Labute approximate surface area is 103 Å². The topological polar surface area (TPSA) is 12.0 Å². The molecule has 1 nitrogen and oxygen atoms in total. The van der Waals surface area contributed by atoms with E-state index in [1.165, 1.54) is 29.7 Å². The van der Waals surface area contributed by atoms with Gasteiger partial charge in [-0.15, -0.1) is 0 Å². The Hall–Kier alpha value is -0.730. The van der Waals surface area contributed by atoms with Crippen molar-refractivity contribution in [2.24, 2.45) is 0 Å². The van der Waals surface area contributed by atoms with Gasteiger partial charge in [0.25, 0.3) is 0 Å². The predicted molar refractivity (Wildman–Crippen MR) is 76.0 cm³/mol. The number of hydrogen-bond donors (Lipinski definition) is 1. The molecule has 0 saturated carbocycles. The molecule has 0 aliphatic heterocycles. The van der Waals surface area contributed by atoms with E-state index in [9.17, 15) is 0 Å². The Balaban J connectivity index is 2.12. The minimum atomic E-state index is 0.892. The van der Waals surface area contributed by atoms with Crippen molar-refractivity contribution in [2.45, 2.75) is 12.8 Å². The van der Waals surface area contributed by atoms with Crippen LogP contribution in [0.3, 0.4) is 0 Å². The van der Waals surface area contributed by atoms with E-state index in [4.69, 9.17) is 0 Å². The van der Waals surface area contributed by atoms with Crippen molar-refractivity contribution in [1.29, 1.82) is 0 Å². The summed E-state index contributed by atoms with van der Waals surface area (Å²) < 4.78 is 0. The second-order valence-electron chi connectivity index (χ2n) is 3.85. The average molecular weight is 235 g/mol. The smallest absolute Gasteiger partial charge is 0.0205 e. The van der Waals surface area contributed by atoms with E-state index in [-0.39, 0.29) is 0 Å². The average Bonchev–Trinajstić information content (AvgIpc) is 2.34. The van der Waals surface area contributed by atoms with Gasteiger partial charge in [0.15, 0.2) is 0 Å². The molecule has 0 unspecified atom stereocenters. The first-order valence-corrected chi connectivity index (χ1v) is 7.17. The number of benzene rings is 1. The summed E-state index contributed by atoms with van der Waals surface area (Å²) in [6.45, 7) is 6.07. The van der Waals surface area contributed by atoms with Crippen LogP contribution in [0.15, 0.2) is 36.9 Å². The first-order valence-electron chi connectivity index (χ1n) is 5.77. The molecule has 0 aliphatic rings. The van der Waals surface area contributed by atoms with Crippen molar-refractivity contribution in [2.75, 3.05) is 25.1 Å². The van der Waals surface area contributed by atoms with E-state index < -0.39 is 0 Å². The zero-order valence-corrected chi connectivity index (χ0v) is 10.9. The Bertz CT molecular complexity index is 295. The molecule has 0 heterocycles. The monoisotopic (exact) mass is 235 g/mol. The highest BCUT2D eigenvalue weighted by atomic mass is 32.2. The van der Waals surface area contributed by atoms with E-state index in [2.05, 4.69) is 42.4 Å². The van der Waals surface area contributed by atoms with Gasteiger partial charge in [0.05, 0.1) is 0 Å². The Morgan fingerprint density at radius 1 is 1.25 bits per heavy atom. The summed E-state index contributed by atoms with van der Waals surface area (Å²) in [5.41, 5.74) is 2.41. The Morgan fingerprint density at radius 2 is 2.00 bits per heavy atom. The molecule has 0 aliphatic carbocycles.